The maximum Gasteiger partial charge on any atom is 0.164 e. The highest BCUT2D eigenvalue weighted by atomic mass is 16.5. The molecule has 1 aliphatic carbocycles. The number of rotatable bonds is 2. The number of hydrogen-bond donors (Lipinski definition) is 0. The summed E-state index contributed by atoms with van der Waals surface area (Å²) in [7, 11) is 1.66. The molecule has 2 aliphatic rings. The number of para-hydroxylation sites is 1. The Hall–Kier alpha value is -2.55. The van der Waals surface area contributed by atoms with E-state index in [4.69, 9.17) is 9.47 Å². The summed E-state index contributed by atoms with van der Waals surface area (Å²) >= 11 is 0. The van der Waals surface area contributed by atoms with Crippen molar-refractivity contribution in [3.63, 3.8) is 0 Å². The van der Waals surface area contributed by atoms with Crippen molar-refractivity contribution in [1.82, 2.24) is 0 Å². The van der Waals surface area contributed by atoms with Crippen LogP contribution in [0.4, 0.5) is 0 Å². The third-order valence-electron chi connectivity index (χ3n) is 4.71. The van der Waals surface area contributed by atoms with Gasteiger partial charge in [0.05, 0.1) is 7.11 Å². The van der Waals surface area contributed by atoms with Crippen LogP contribution in [0.2, 0.25) is 0 Å². The molecule has 4 rings (SSSR count). The van der Waals surface area contributed by atoms with Gasteiger partial charge in [0.2, 0.25) is 0 Å². The van der Waals surface area contributed by atoms with Crippen molar-refractivity contribution in [2.45, 2.75) is 12.8 Å². The number of methoxy groups -OCH3 is 1. The maximum absolute atomic E-state index is 12.6. The van der Waals surface area contributed by atoms with Crippen molar-refractivity contribution in [3.8, 4) is 11.5 Å². The first-order valence-corrected chi connectivity index (χ1v) is 7.88. The molecule has 2 aromatic rings. The van der Waals surface area contributed by atoms with Crippen molar-refractivity contribution in [2.75, 3.05) is 13.7 Å². The Bertz CT molecular complexity index is 790. The summed E-state index contributed by atoms with van der Waals surface area (Å²) in [5.41, 5.74) is 4.09. The highest BCUT2D eigenvalue weighted by Gasteiger charge is 2.35. The van der Waals surface area contributed by atoms with E-state index in [0.29, 0.717) is 13.0 Å². The largest absolute Gasteiger partial charge is 0.493 e. The molecule has 0 bridgehead atoms. The summed E-state index contributed by atoms with van der Waals surface area (Å²) < 4.78 is 11.5. The standard InChI is InChI=1S/C20H18O3/c1-22-18-9-5-8-14-10-15-11-17(21)19(13-6-3-2-4-7-13)16(15)12-23-20(14)18/h2-9,15H,10-12H2,1H3. The van der Waals surface area contributed by atoms with Crippen LogP contribution in [-0.4, -0.2) is 19.5 Å². The van der Waals surface area contributed by atoms with Crippen LogP contribution in [0.3, 0.4) is 0 Å². The number of allylic oxidation sites excluding steroid dienone is 1. The van der Waals surface area contributed by atoms with Gasteiger partial charge in [0.25, 0.3) is 0 Å². The van der Waals surface area contributed by atoms with Crippen molar-refractivity contribution in [1.29, 1.82) is 0 Å². The van der Waals surface area contributed by atoms with Crippen LogP contribution in [0.1, 0.15) is 17.5 Å². The Morgan fingerprint density at radius 2 is 1.87 bits per heavy atom. The highest BCUT2D eigenvalue weighted by Crippen LogP contribution is 2.43. The molecule has 0 saturated carbocycles. The number of carbonyl (C=O) groups excluding carboxylic acids is 1. The molecule has 1 aliphatic heterocycles. The fraction of sp³-hybridized carbons (Fsp3) is 0.250. The molecule has 1 heterocycles. The van der Waals surface area contributed by atoms with Gasteiger partial charge in [-0.05, 0) is 35.1 Å². The average molecular weight is 306 g/mol. The van der Waals surface area contributed by atoms with E-state index < -0.39 is 0 Å². The molecule has 0 aromatic heterocycles. The normalized spacial score (nSPS) is 19.7. The van der Waals surface area contributed by atoms with Crippen LogP contribution >= 0.6 is 0 Å². The number of ketones is 1. The van der Waals surface area contributed by atoms with Crippen molar-refractivity contribution >= 4 is 11.4 Å². The first kappa shape index (κ1) is 14.1. The van der Waals surface area contributed by atoms with Crippen LogP contribution in [-0.2, 0) is 11.2 Å². The van der Waals surface area contributed by atoms with E-state index in [1.807, 2.05) is 42.5 Å². The van der Waals surface area contributed by atoms with Crippen LogP contribution in [0.25, 0.3) is 5.57 Å². The summed E-state index contributed by atoms with van der Waals surface area (Å²) in [4.78, 5) is 12.6. The topological polar surface area (TPSA) is 35.5 Å². The number of hydrogen-bond acceptors (Lipinski definition) is 3. The number of benzene rings is 2. The second kappa shape index (κ2) is 5.58. The first-order valence-electron chi connectivity index (χ1n) is 7.88. The monoisotopic (exact) mass is 306 g/mol. The zero-order valence-corrected chi connectivity index (χ0v) is 13.0. The Kier molecular flexibility index (Phi) is 3.41. The van der Waals surface area contributed by atoms with E-state index in [-0.39, 0.29) is 11.7 Å². The maximum atomic E-state index is 12.6. The first-order chi connectivity index (χ1) is 11.3. The molecule has 0 radical (unpaired) electrons. The van der Waals surface area contributed by atoms with Gasteiger partial charge in [-0.2, -0.15) is 0 Å². The molecule has 116 valence electrons. The molecule has 2 aromatic carbocycles. The zero-order valence-electron chi connectivity index (χ0n) is 13.0. The predicted octanol–water partition coefficient (Wildman–Crippen LogP) is 3.67. The Balaban J connectivity index is 1.78. The molecule has 0 amide bonds. The number of ether oxygens (including phenoxy) is 2. The average Bonchev–Trinajstić information content (AvgIpc) is 2.77. The van der Waals surface area contributed by atoms with E-state index in [1.54, 1.807) is 7.11 Å². The van der Waals surface area contributed by atoms with Crippen molar-refractivity contribution in [2.24, 2.45) is 5.92 Å². The van der Waals surface area contributed by atoms with Crippen LogP contribution < -0.4 is 9.47 Å². The predicted molar refractivity (Wildman–Crippen MR) is 88.7 cm³/mol. The lowest BCUT2D eigenvalue weighted by Crippen LogP contribution is -2.06. The molecule has 3 heteroatoms. The van der Waals surface area contributed by atoms with Gasteiger partial charge in [-0.25, -0.2) is 0 Å². The summed E-state index contributed by atoms with van der Waals surface area (Å²) in [6, 6.07) is 15.9. The fourth-order valence-electron chi connectivity index (χ4n) is 3.63. The van der Waals surface area contributed by atoms with Gasteiger partial charge in [0, 0.05) is 12.0 Å². The quantitative estimate of drug-likeness (QED) is 0.849. The zero-order chi connectivity index (χ0) is 15.8. The summed E-state index contributed by atoms with van der Waals surface area (Å²) in [6.45, 7) is 0.452. The number of carbonyl (C=O) groups is 1. The minimum Gasteiger partial charge on any atom is -0.493 e. The second-order valence-corrected chi connectivity index (χ2v) is 6.03. The summed E-state index contributed by atoms with van der Waals surface area (Å²) in [5.74, 6) is 2.03. The van der Waals surface area contributed by atoms with Gasteiger partial charge in [-0.3, -0.25) is 4.79 Å². The van der Waals surface area contributed by atoms with E-state index >= 15 is 0 Å². The van der Waals surface area contributed by atoms with E-state index in [0.717, 1.165) is 40.2 Å². The minimum atomic E-state index is 0.228. The number of fused-ring (bicyclic) bond motifs is 2. The second-order valence-electron chi connectivity index (χ2n) is 6.03. The molecule has 1 unspecified atom stereocenters. The van der Waals surface area contributed by atoms with E-state index in [9.17, 15) is 4.79 Å². The third kappa shape index (κ3) is 2.33. The van der Waals surface area contributed by atoms with Gasteiger partial charge in [-0.1, -0.05) is 42.5 Å². The van der Waals surface area contributed by atoms with E-state index in [1.165, 1.54) is 0 Å². The molecule has 3 nitrogen and oxygen atoms in total. The Labute approximate surface area is 135 Å². The fourth-order valence-corrected chi connectivity index (χ4v) is 3.63. The smallest absolute Gasteiger partial charge is 0.164 e. The third-order valence-corrected chi connectivity index (χ3v) is 4.71. The molecule has 0 fully saturated rings. The van der Waals surface area contributed by atoms with Crippen LogP contribution in [0.15, 0.2) is 54.1 Å². The van der Waals surface area contributed by atoms with Crippen LogP contribution in [0, 0.1) is 5.92 Å². The molecule has 0 saturated heterocycles. The van der Waals surface area contributed by atoms with Crippen LogP contribution in [0.5, 0.6) is 11.5 Å². The highest BCUT2D eigenvalue weighted by molar-refractivity contribution is 6.24. The lowest BCUT2D eigenvalue weighted by atomic mass is 9.93. The van der Waals surface area contributed by atoms with Crippen molar-refractivity contribution < 1.29 is 14.3 Å². The van der Waals surface area contributed by atoms with Gasteiger partial charge < -0.3 is 9.47 Å². The molecule has 1 atom stereocenters. The lowest BCUT2D eigenvalue weighted by Gasteiger charge is -2.12. The van der Waals surface area contributed by atoms with Gasteiger partial charge >= 0.3 is 0 Å². The molecule has 0 N–H and O–H groups in total. The summed E-state index contributed by atoms with van der Waals surface area (Å²) in [6.07, 6.45) is 1.39. The SMILES string of the molecule is COc1cccc2c1OCC1=C(c3ccccc3)C(=O)CC1C2. The Morgan fingerprint density at radius 3 is 2.65 bits per heavy atom. The minimum absolute atomic E-state index is 0.228. The molecular weight excluding hydrogens is 288 g/mol. The lowest BCUT2D eigenvalue weighted by molar-refractivity contribution is -0.113. The molecular formula is C20H18O3. The van der Waals surface area contributed by atoms with Gasteiger partial charge in [-0.15, -0.1) is 0 Å². The van der Waals surface area contributed by atoms with Crippen molar-refractivity contribution in [3.05, 3.63) is 65.2 Å². The molecule has 0 spiro atoms. The van der Waals surface area contributed by atoms with E-state index in [2.05, 4.69) is 6.07 Å². The molecule has 23 heavy (non-hydrogen) atoms. The number of Topliss-reactive ketones (excluding diaryl/α,β-unsaturated/α-hetero) is 1. The van der Waals surface area contributed by atoms with Gasteiger partial charge in [0.1, 0.15) is 6.61 Å². The van der Waals surface area contributed by atoms with Gasteiger partial charge in [0.15, 0.2) is 17.3 Å². The Morgan fingerprint density at radius 1 is 1.04 bits per heavy atom. The summed E-state index contributed by atoms with van der Waals surface area (Å²) in [5, 5.41) is 0.